The van der Waals surface area contributed by atoms with Crippen LogP contribution in [0.4, 0.5) is 5.69 Å². The van der Waals surface area contributed by atoms with Crippen LogP contribution in [-0.4, -0.2) is 18.4 Å². The van der Waals surface area contributed by atoms with Crippen molar-refractivity contribution in [1.82, 2.24) is 5.32 Å². The van der Waals surface area contributed by atoms with Crippen molar-refractivity contribution in [3.05, 3.63) is 29.8 Å². The van der Waals surface area contributed by atoms with Gasteiger partial charge in [-0.25, -0.2) is 0 Å². The molecule has 1 rings (SSSR count). The normalized spacial score (nSPS) is 10.3. The summed E-state index contributed by atoms with van der Waals surface area (Å²) in [6.07, 6.45) is 2.14. The third-order valence-electron chi connectivity index (χ3n) is 3.17. The second-order valence-electron chi connectivity index (χ2n) is 4.65. The van der Waals surface area contributed by atoms with Crippen molar-refractivity contribution in [1.29, 1.82) is 0 Å². The SMILES string of the molecule is CCC(CC)CNC(=O)c1ccc(NC(C)=O)cc1. The first kappa shape index (κ1) is 15.2. The predicted octanol–water partition coefficient (Wildman–Crippen LogP) is 2.81. The highest BCUT2D eigenvalue weighted by Crippen LogP contribution is 2.10. The van der Waals surface area contributed by atoms with Crippen molar-refractivity contribution in [2.75, 3.05) is 11.9 Å². The van der Waals surface area contributed by atoms with E-state index in [0.717, 1.165) is 12.8 Å². The summed E-state index contributed by atoms with van der Waals surface area (Å²) in [7, 11) is 0. The Hall–Kier alpha value is -1.84. The molecule has 104 valence electrons. The Morgan fingerprint density at radius 1 is 1.11 bits per heavy atom. The molecule has 2 N–H and O–H groups in total. The molecule has 0 heterocycles. The van der Waals surface area contributed by atoms with Gasteiger partial charge < -0.3 is 10.6 Å². The van der Waals surface area contributed by atoms with Gasteiger partial charge in [0.1, 0.15) is 0 Å². The number of anilines is 1. The van der Waals surface area contributed by atoms with E-state index < -0.39 is 0 Å². The van der Waals surface area contributed by atoms with Crippen LogP contribution in [0, 0.1) is 5.92 Å². The largest absolute Gasteiger partial charge is 0.352 e. The van der Waals surface area contributed by atoms with Crippen molar-refractivity contribution in [2.24, 2.45) is 5.92 Å². The minimum absolute atomic E-state index is 0.0683. The summed E-state index contributed by atoms with van der Waals surface area (Å²) in [6, 6.07) is 6.89. The summed E-state index contributed by atoms with van der Waals surface area (Å²) in [4.78, 5) is 22.8. The summed E-state index contributed by atoms with van der Waals surface area (Å²) >= 11 is 0. The molecule has 0 saturated carbocycles. The minimum Gasteiger partial charge on any atom is -0.352 e. The minimum atomic E-state index is -0.120. The van der Waals surface area contributed by atoms with Crippen molar-refractivity contribution in [2.45, 2.75) is 33.6 Å². The summed E-state index contributed by atoms with van der Waals surface area (Å²) in [5.41, 5.74) is 1.31. The average Bonchev–Trinajstić information content (AvgIpc) is 2.39. The Kier molecular flexibility index (Phi) is 6.06. The van der Waals surface area contributed by atoms with Crippen LogP contribution < -0.4 is 10.6 Å². The molecule has 0 aromatic heterocycles. The lowest BCUT2D eigenvalue weighted by molar-refractivity contribution is -0.114. The molecular weight excluding hydrogens is 240 g/mol. The van der Waals surface area contributed by atoms with Gasteiger partial charge in [-0.3, -0.25) is 9.59 Å². The highest BCUT2D eigenvalue weighted by atomic mass is 16.2. The first-order chi connectivity index (χ1) is 9.06. The van der Waals surface area contributed by atoms with Crippen LogP contribution in [0.3, 0.4) is 0 Å². The van der Waals surface area contributed by atoms with E-state index in [0.29, 0.717) is 23.7 Å². The number of amides is 2. The Labute approximate surface area is 114 Å². The van der Waals surface area contributed by atoms with Gasteiger partial charge in [0.25, 0.3) is 5.91 Å². The molecule has 4 nitrogen and oxygen atoms in total. The van der Waals surface area contributed by atoms with Crippen molar-refractivity contribution >= 4 is 17.5 Å². The molecule has 1 aromatic rings. The van der Waals surface area contributed by atoms with E-state index >= 15 is 0 Å². The van der Waals surface area contributed by atoms with Crippen molar-refractivity contribution < 1.29 is 9.59 Å². The number of rotatable bonds is 6. The maximum Gasteiger partial charge on any atom is 0.251 e. The second kappa shape index (κ2) is 7.56. The summed E-state index contributed by atoms with van der Waals surface area (Å²) in [5, 5.41) is 5.60. The van der Waals surface area contributed by atoms with E-state index in [1.54, 1.807) is 24.3 Å². The number of hydrogen-bond acceptors (Lipinski definition) is 2. The topological polar surface area (TPSA) is 58.2 Å². The van der Waals surface area contributed by atoms with E-state index in [9.17, 15) is 9.59 Å². The molecule has 0 saturated heterocycles. The average molecular weight is 262 g/mol. The molecule has 0 aliphatic heterocycles. The molecule has 0 aliphatic carbocycles. The third kappa shape index (κ3) is 5.12. The fourth-order valence-corrected chi connectivity index (χ4v) is 1.82. The van der Waals surface area contributed by atoms with Crippen LogP contribution in [-0.2, 0) is 4.79 Å². The fraction of sp³-hybridized carbons (Fsp3) is 0.467. The molecule has 0 spiro atoms. The van der Waals surface area contributed by atoms with Gasteiger partial charge in [-0.2, -0.15) is 0 Å². The molecule has 0 fully saturated rings. The zero-order chi connectivity index (χ0) is 14.3. The molecule has 0 atom stereocenters. The summed E-state index contributed by atoms with van der Waals surface area (Å²) < 4.78 is 0. The van der Waals surface area contributed by atoms with Gasteiger partial charge in [0.05, 0.1) is 0 Å². The lowest BCUT2D eigenvalue weighted by atomic mass is 10.0. The monoisotopic (exact) mass is 262 g/mol. The van der Waals surface area contributed by atoms with Crippen LogP contribution in [0.25, 0.3) is 0 Å². The highest BCUT2D eigenvalue weighted by molar-refractivity contribution is 5.95. The highest BCUT2D eigenvalue weighted by Gasteiger charge is 2.08. The Balaban J connectivity index is 2.55. The van der Waals surface area contributed by atoms with E-state index in [-0.39, 0.29) is 11.8 Å². The maximum atomic E-state index is 11.9. The zero-order valence-corrected chi connectivity index (χ0v) is 11.8. The van der Waals surface area contributed by atoms with Crippen LogP contribution in [0.2, 0.25) is 0 Å². The van der Waals surface area contributed by atoms with Crippen molar-refractivity contribution in [3.63, 3.8) is 0 Å². The summed E-state index contributed by atoms with van der Waals surface area (Å²) in [5.74, 6) is 0.342. The number of carbonyl (C=O) groups excluding carboxylic acids is 2. The fourth-order valence-electron chi connectivity index (χ4n) is 1.82. The lowest BCUT2D eigenvalue weighted by Crippen LogP contribution is -2.28. The molecule has 2 amide bonds. The second-order valence-corrected chi connectivity index (χ2v) is 4.65. The Morgan fingerprint density at radius 2 is 1.68 bits per heavy atom. The molecule has 0 unspecified atom stereocenters. The number of carbonyl (C=O) groups is 2. The van der Waals surface area contributed by atoms with E-state index in [4.69, 9.17) is 0 Å². The van der Waals surface area contributed by atoms with Gasteiger partial charge in [0.15, 0.2) is 0 Å². The Morgan fingerprint density at radius 3 is 2.16 bits per heavy atom. The van der Waals surface area contributed by atoms with E-state index in [1.807, 2.05) is 0 Å². The Bertz CT molecular complexity index is 422. The van der Waals surface area contributed by atoms with Crippen LogP contribution in [0.5, 0.6) is 0 Å². The quantitative estimate of drug-likeness (QED) is 0.828. The number of benzene rings is 1. The van der Waals surface area contributed by atoms with Gasteiger partial charge in [0, 0.05) is 24.7 Å². The van der Waals surface area contributed by atoms with E-state index in [1.165, 1.54) is 6.92 Å². The van der Waals surface area contributed by atoms with Crippen molar-refractivity contribution in [3.8, 4) is 0 Å². The van der Waals surface area contributed by atoms with Gasteiger partial charge in [-0.1, -0.05) is 26.7 Å². The number of nitrogens with one attached hydrogen (secondary N) is 2. The van der Waals surface area contributed by atoms with Gasteiger partial charge in [0.2, 0.25) is 5.91 Å². The first-order valence-electron chi connectivity index (χ1n) is 6.72. The smallest absolute Gasteiger partial charge is 0.251 e. The molecule has 19 heavy (non-hydrogen) atoms. The maximum absolute atomic E-state index is 11.9. The summed E-state index contributed by atoms with van der Waals surface area (Å²) in [6.45, 7) is 6.42. The van der Waals surface area contributed by atoms with Gasteiger partial charge >= 0.3 is 0 Å². The first-order valence-corrected chi connectivity index (χ1v) is 6.72. The standard InChI is InChI=1S/C15H22N2O2/c1-4-12(5-2)10-16-15(19)13-6-8-14(9-7-13)17-11(3)18/h6-9,12H,4-5,10H2,1-3H3,(H,16,19)(H,17,18). The molecular formula is C15H22N2O2. The van der Waals surface area contributed by atoms with Crippen LogP contribution >= 0.6 is 0 Å². The zero-order valence-electron chi connectivity index (χ0n) is 11.8. The van der Waals surface area contributed by atoms with Crippen LogP contribution in [0.1, 0.15) is 44.0 Å². The molecule has 0 aliphatic rings. The van der Waals surface area contributed by atoms with Gasteiger partial charge in [-0.15, -0.1) is 0 Å². The molecule has 4 heteroatoms. The molecule has 0 bridgehead atoms. The number of hydrogen-bond donors (Lipinski definition) is 2. The predicted molar refractivity (Wildman–Crippen MR) is 77.2 cm³/mol. The third-order valence-corrected chi connectivity index (χ3v) is 3.17. The van der Waals surface area contributed by atoms with Gasteiger partial charge in [-0.05, 0) is 30.2 Å². The lowest BCUT2D eigenvalue weighted by Gasteiger charge is -2.13. The van der Waals surface area contributed by atoms with Crippen LogP contribution in [0.15, 0.2) is 24.3 Å². The molecule has 1 aromatic carbocycles. The van der Waals surface area contributed by atoms with E-state index in [2.05, 4.69) is 24.5 Å². The molecule has 0 radical (unpaired) electrons.